The van der Waals surface area contributed by atoms with Crippen molar-refractivity contribution in [3.8, 4) is 0 Å². The molecule has 0 aromatic heterocycles. The zero-order chi connectivity index (χ0) is 28.7. The molecule has 1 atom stereocenters. The van der Waals surface area contributed by atoms with Gasteiger partial charge in [-0.05, 0) is 75.6 Å². The molecule has 208 valence electrons. The molecule has 0 bridgehead atoms. The lowest BCUT2D eigenvalue weighted by Gasteiger charge is -2.33. The molecule has 39 heavy (non-hydrogen) atoms. The standard InChI is InChI=1S/C30H36ClN3O4S/c1-6-27(30(36)32-7-2)33(19-24-10-8-9-22(4)17-24)29(35)20-34(28-16-13-25(31)18-23(28)5)39(37,38)26-14-11-21(3)12-15-26/h8-18,27H,6-7,19-20H2,1-5H3,(H,32,36)/t27-/m1/s1. The summed E-state index contributed by atoms with van der Waals surface area (Å²) in [4.78, 5) is 28.6. The van der Waals surface area contributed by atoms with Gasteiger partial charge in [0.2, 0.25) is 11.8 Å². The second-order valence-corrected chi connectivity index (χ2v) is 11.9. The van der Waals surface area contributed by atoms with Gasteiger partial charge in [-0.25, -0.2) is 8.42 Å². The third-order valence-corrected chi connectivity index (χ3v) is 8.50. The maximum atomic E-state index is 14.0. The van der Waals surface area contributed by atoms with E-state index in [1.807, 2.05) is 52.0 Å². The molecule has 0 fully saturated rings. The summed E-state index contributed by atoms with van der Waals surface area (Å²) < 4.78 is 29.0. The quantitative estimate of drug-likeness (QED) is 0.335. The molecule has 0 radical (unpaired) electrons. The summed E-state index contributed by atoms with van der Waals surface area (Å²) in [6.45, 7) is 9.31. The molecule has 0 saturated carbocycles. The smallest absolute Gasteiger partial charge is 0.264 e. The zero-order valence-corrected chi connectivity index (χ0v) is 24.6. The number of carbonyl (C=O) groups excluding carboxylic acids is 2. The Hall–Kier alpha value is -3.36. The minimum atomic E-state index is -4.14. The Morgan fingerprint density at radius 3 is 2.21 bits per heavy atom. The number of sulfonamides is 1. The van der Waals surface area contributed by atoms with Gasteiger partial charge >= 0.3 is 0 Å². The second-order valence-electron chi connectivity index (χ2n) is 9.58. The molecule has 1 N–H and O–H groups in total. The van der Waals surface area contributed by atoms with E-state index in [9.17, 15) is 18.0 Å². The normalized spacial score (nSPS) is 12.1. The van der Waals surface area contributed by atoms with E-state index in [0.717, 1.165) is 21.0 Å². The number of hydrogen-bond acceptors (Lipinski definition) is 4. The summed E-state index contributed by atoms with van der Waals surface area (Å²) in [5, 5.41) is 3.27. The van der Waals surface area contributed by atoms with Crippen LogP contribution >= 0.6 is 11.6 Å². The molecule has 3 rings (SSSR count). The van der Waals surface area contributed by atoms with Crippen molar-refractivity contribution < 1.29 is 18.0 Å². The first kappa shape index (κ1) is 30.2. The fraction of sp³-hybridized carbons (Fsp3) is 0.333. The average molecular weight is 570 g/mol. The van der Waals surface area contributed by atoms with Gasteiger partial charge < -0.3 is 10.2 Å². The van der Waals surface area contributed by atoms with Gasteiger partial charge in [0.15, 0.2) is 0 Å². The highest BCUT2D eigenvalue weighted by molar-refractivity contribution is 7.92. The van der Waals surface area contributed by atoms with Gasteiger partial charge in [0.05, 0.1) is 10.6 Å². The van der Waals surface area contributed by atoms with Gasteiger partial charge in [-0.2, -0.15) is 0 Å². The van der Waals surface area contributed by atoms with Crippen LogP contribution in [-0.4, -0.2) is 44.3 Å². The van der Waals surface area contributed by atoms with Crippen LogP contribution in [0.3, 0.4) is 0 Å². The van der Waals surface area contributed by atoms with Crippen molar-refractivity contribution in [1.82, 2.24) is 10.2 Å². The van der Waals surface area contributed by atoms with E-state index >= 15 is 0 Å². The number of benzene rings is 3. The van der Waals surface area contributed by atoms with Crippen molar-refractivity contribution in [2.45, 2.75) is 58.5 Å². The van der Waals surface area contributed by atoms with E-state index in [2.05, 4.69) is 5.32 Å². The first-order valence-electron chi connectivity index (χ1n) is 13.0. The van der Waals surface area contributed by atoms with Crippen molar-refractivity contribution in [2.24, 2.45) is 0 Å². The van der Waals surface area contributed by atoms with Crippen LogP contribution in [0, 0.1) is 20.8 Å². The molecular weight excluding hydrogens is 534 g/mol. The van der Waals surface area contributed by atoms with Gasteiger partial charge in [-0.1, -0.05) is 66.0 Å². The van der Waals surface area contributed by atoms with Gasteiger partial charge in [-0.3, -0.25) is 13.9 Å². The summed E-state index contributed by atoms with van der Waals surface area (Å²) in [6.07, 6.45) is 0.369. The van der Waals surface area contributed by atoms with Crippen molar-refractivity contribution in [1.29, 1.82) is 0 Å². The highest BCUT2D eigenvalue weighted by Crippen LogP contribution is 2.29. The number of aryl methyl sites for hydroxylation is 3. The predicted molar refractivity (Wildman–Crippen MR) is 156 cm³/mol. The Labute approximate surface area is 236 Å². The van der Waals surface area contributed by atoms with Crippen molar-refractivity contribution >= 4 is 39.1 Å². The van der Waals surface area contributed by atoms with Gasteiger partial charge in [-0.15, -0.1) is 0 Å². The van der Waals surface area contributed by atoms with Gasteiger partial charge in [0, 0.05) is 18.1 Å². The fourth-order valence-electron chi connectivity index (χ4n) is 4.47. The summed E-state index contributed by atoms with van der Waals surface area (Å²) in [5.74, 6) is -0.767. The average Bonchev–Trinajstić information content (AvgIpc) is 2.88. The lowest BCUT2D eigenvalue weighted by molar-refractivity contribution is -0.140. The third-order valence-electron chi connectivity index (χ3n) is 6.49. The van der Waals surface area contributed by atoms with E-state index in [1.54, 1.807) is 37.3 Å². The SMILES string of the molecule is CCNC(=O)[C@@H](CC)N(Cc1cccc(C)c1)C(=O)CN(c1ccc(Cl)cc1C)S(=O)(=O)c1ccc(C)cc1. The summed E-state index contributed by atoms with van der Waals surface area (Å²) in [6, 6.07) is 18.3. The molecule has 0 saturated heterocycles. The lowest BCUT2D eigenvalue weighted by atomic mass is 10.1. The molecule has 0 spiro atoms. The van der Waals surface area contributed by atoms with Gasteiger partial charge in [0.25, 0.3) is 10.0 Å². The van der Waals surface area contributed by atoms with E-state index < -0.39 is 28.5 Å². The molecule has 3 aromatic carbocycles. The number of rotatable bonds is 11. The molecule has 2 amide bonds. The van der Waals surface area contributed by atoms with Crippen molar-refractivity contribution in [2.75, 3.05) is 17.4 Å². The number of anilines is 1. The van der Waals surface area contributed by atoms with E-state index in [4.69, 9.17) is 11.6 Å². The molecule has 7 nitrogen and oxygen atoms in total. The Kier molecular flexibility index (Phi) is 10.2. The number of hydrogen-bond donors (Lipinski definition) is 1. The second kappa shape index (κ2) is 13.1. The Balaban J connectivity index is 2.10. The van der Waals surface area contributed by atoms with Crippen LogP contribution in [0.4, 0.5) is 5.69 Å². The summed E-state index contributed by atoms with van der Waals surface area (Å²) >= 11 is 6.17. The van der Waals surface area contributed by atoms with Gasteiger partial charge in [0.1, 0.15) is 12.6 Å². The topological polar surface area (TPSA) is 86.8 Å². The minimum absolute atomic E-state index is 0.0660. The number of nitrogens with zero attached hydrogens (tertiary/aromatic N) is 2. The largest absolute Gasteiger partial charge is 0.355 e. The maximum Gasteiger partial charge on any atom is 0.264 e. The lowest BCUT2D eigenvalue weighted by Crippen LogP contribution is -2.52. The van der Waals surface area contributed by atoms with Crippen LogP contribution in [0.1, 0.15) is 42.5 Å². The van der Waals surface area contributed by atoms with Crippen LogP contribution in [-0.2, 0) is 26.2 Å². The Morgan fingerprint density at radius 1 is 0.923 bits per heavy atom. The Morgan fingerprint density at radius 2 is 1.62 bits per heavy atom. The highest BCUT2D eigenvalue weighted by atomic mass is 35.5. The molecule has 0 unspecified atom stereocenters. The molecule has 0 aliphatic heterocycles. The van der Waals surface area contributed by atoms with Crippen LogP contribution in [0.25, 0.3) is 0 Å². The third kappa shape index (κ3) is 7.40. The predicted octanol–water partition coefficient (Wildman–Crippen LogP) is 5.40. The number of likely N-dealkylation sites (N-methyl/N-ethyl adjacent to an activating group) is 1. The minimum Gasteiger partial charge on any atom is -0.355 e. The first-order chi connectivity index (χ1) is 18.5. The summed E-state index contributed by atoms with van der Waals surface area (Å²) in [5.41, 5.74) is 3.73. The first-order valence-corrected chi connectivity index (χ1v) is 14.8. The van der Waals surface area contributed by atoms with Crippen LogP contribution in [0.5, 0.6) is 0 Å². The van der Waals surface area contributed by atoms with E-state index in [1.165, 1.54) is 17.0 Å². The monoisotopic (exact) mass is 569 g/mol. The molecule has 9 heteroatoms. The number of halogens is 1. The zero-order valence-electron chi connectivity index (χ0n) is 23.1. The number of carbonyl (C=O) groups is 2. The highest BCUT2D eigenvalue weighted by Gasteiger charge is 2.34. The summed E-state index contributed by atoms with van der Waals surface area (Å²) in [7, 11) is -4.14. The molecule has 0 aliphatic rings. The molecule has 3 aromatic rings. The maximum absolute atomic E-state index is 14.0. The fourth-order valence-corrected chi connectivity index (χ4v) is 6.17. The Bertz CT molecular complexity index is 1420. The van der Waals surface area contributed by atoms with E-state index in [0.29, 0.717) is 29.2 Å². The molecular formula is C30H36ClN3O4S. The number of nitrogens with one attached hydrogen (secondary N) is 1. The molecule has 0 aliphatic carbocycles. The van der Waals surface area contributed by atoms with Crippen molar-refractivity contribution in [3.05, 3.63) is 94.0 Å². The molecule has 0 heterocycles. The van der Waals surface area contributed by atoms with Crippen LogP contribution in [0.15, 0.2) is 71.6 Å². The van der Waals surface area contributed by atoms with Crippen molar-refractivity contribution in [3.63, 3.8) is 0 Å². The number of amides is 2. The van der Waals surface area contributed by atoms with E-state index in [-0.39, 0.29) is 17.3 Å². The van der Waals surface area contributed by atoms with Crippen LogP contribution in [0.2, 0.25) is 5.02 Å². The van der Waals surface area contributed by atoms with Crippen LogP contribution < -0.4 is 9.62 Å².